The second kappa shape index (κ2) is 6.91. The van der Waals surface area contributed by atoms with Gasteiger partial charge in [-0.1, -0.05) is 50.6 Å². The lowest BCUT2D eigenvalue weighted by Gasteiger charge is -2.35. The van der Waals surface area contributed by atoms with Crippen molar-refractivity contribution >= 4 is 0 Å². The number of aliphatic hydroxyl groups is 1. The Morgan fingerprint density at radius 1 is 1.28 bits per heavy atom. The van der Waals surface area contributed by atoms with E-state index in [9.17, 15) is 5.11 Å². The first-order chi connectivity index (χ1) is 8.53. The summed E-state index contributed by atoms with van der Waals surface area (Å²) < 4.78 is 0. The van der Waals surface area contributed by atoms with Crippen molar-refractivity contribution in [2.75, 3.05) is 20.2 Å². The summed E-state index contributed by atoms with van der Waals surface area (Å²) in [6, 6.07) is 10.9. The van der Waals surface area contributed by atoms with E-state index >= 15 is 0 Å². The van der Waals surface area contributed by atoms with Crippen LogP contribution in [-0.2, 0) is 5.41 Å². The van der Waals surface area contributed by atoms with Gasteiger partial charge in [0.15, 0.2) is 0 Å². The lowest BCUT2D eigenvalue weighted by Crippen LogP contribution is -2.43. The molecule has 0 bridgehead atoms. The maximum Gasteiger partial charge on any atom is 0.0537 e. The zero-order chi connectivity index (χ0) is 13.6. The molecular weight excluding hydrogens is 222 g/mol. The van der Waals surface area contributed by atoms with Crippen LogP contribution in [0.1, 0.15) is 39.2 Å². The fourth-order valence-corrected chi connectivity index (χ4v) is 2.42. The highest BCUT2D eigenvalue weighted by molar-refractivity contribution is 5.25. The van der Waals surface area contributed by atoms with Crippen LogP contribution in [0.5, 0.6) is 0 Å². The number of hydrogen-bond donors (Lipinski definition) is 1. The Morgan fingerprint density at radius 2 is 1.89 bits per heavy atom. The van der Waals surface area contributed by atoms with Crippen LogP contribution in [0.2, 0.25) is 0 Å². The van der Waals surface area contributed by atoms with Crippen molar-refractivity contribution in [3.05, 3.63) is 35.9 Å². The quantitative estimate of drug-likeness (QED) is 0.803. The van der Waals surface area contributed by atoms with Crippen molar-refractivity contribution in [1.29, 1.82) is 0 Å². The zero-order valence-corrected chi connectivity index (χ0v) is 12.2. The molecule has 1 aromatic carbocycles. The van der Waals surface area contributed by atoms with E-state index in [-0.39, 0.29) is 12.0 Å². The van der Waals surface area contributed by atoms with Crippen LogP contribution in [-0.4, -0.2) is 36.2 Å². The van der Waals surface area contributed by atoms with Gasteiger partial charge in [-0.25, -0.2) is 0 Å². The SMILES string of the molecule is CCCC(C)N(C)CC(C)(CO)c1ccccc1. The lowest BCUT2D eigenvalue weighted by atomic mass is 9.82. The minimum Gasteiger partial charge on any atom is -0.395 e. The number of nitrogens with zero attached hydrogens (tertiary/aromatic N) is 1. The summed E-state index contributed by atoms with van der Waals surface area (Å²) in [5.74, 6) is 0. The summed E-state index contributed by atoms with van der Waals surface area (Å²) in [5, 5.41) is 9.77. The van der Waals surface area contributed by atoms with Crippen LogP contribution in [0, 0.1) is 0 Å². The van der Waals surface area contributed by atoms with Crippen LogP contribution in [0.15, 0.2) is 30.3 Å². The van der Waals surface area contributed by atoms with Gasteiger partial charge in [0.05, 0.1) is 6.61 Å². The fraction of sp³-hybridized carbons (Fsp3) is 0.625. The molecule has 2 atom stereocenters. The first-order valence-electron chi connectivity index (χ1n) is 6.90. The van der Waals surface area contributed by atoms with Crippen molar-refractivity contribution in [3.8, 4) is 0 Å². The molecule has 102 valence electrons. The van der Waals surface area contributed by atoms with E-state index in [1.807, 2.05) is 18.2 Å². The summed E-state index contributed by atoms with van der Waals surface area (Å²) >= 11 is 0. The average Bonchev–Trinajstić information content (AvgIpc) is 2.39. The second-order valence-corrected chi connectivity index (χ2v) is 5.64. The van der Waals surface area contributed by atoms with Crippen LogP contribution in [0.4, 0.5) is 0 Å². The van der Waals surface area contributed by atoms with Gasteiger partial charge in [-0.05, 0) is 26.0 Å². The third-order valence-corrected chi connectivity index (χ3v) is 3.88. The fourth-order valence-electron chi connectivity index (χ4n) is 2.42. The van der Waals surface area contributed by atoms with E-state index < -0.39 is 0 Å². The summed E-state index contributed by atoms with van der Waals surface area (Å²) in [7, 11) is 2.15. The van der Waals surface area contributed by atoms with Crippen LogP contribution >= 0.6 is 0 Å². The molecule has 0 aliphatic heterocycles. The van der Waals surface area contributed by atoms with Gasteiger partial charge in [-0.15, -0.1) is 0 Å². The molecule has 0 amide bonds. The average molecular weight is 249 g/mol. The monoisotopic (exact) mass is 249 g/mol. The van der Waals surface area contributed by atoms with Crippen LogP contribution < -0.4 is 0 Å². The molecule has 0 heterocycles. The predicted molar refractivity (Wildman–Crippen MR) is 77.9 cm³/mol. The summed E-state index contributed by atoms with van der Waals surface area (Å²) in [6.45, 7) is 7.67. The van der Waals surface area contributed by atoms with E-state index in [2.05, 4.69) is 44.9 Å². The normalized spacial score (nSPS) is 16.6. The van der Waals surface area contributed by atoms with Gasteiger partial charge in [0.1, 0.15) is 0 Å². The standard InChI is InChI=1S/C16H27NO/c1-5-9-14(2)17(4)12-16(3,13-18)15-10-7-6-8-11-15/h6-8,10-11,14,18H,5,9,12-13H2,1-4H3. The molecule has 0 saturated carbocycles. The van der Waals surface area contributed by atoms with Crippen molar-refractivity contribution in [2.24, 2.45) is 0 Å². The molecule has 0 spiro atoms. The van der Waals surface area contributed by atoms with Gasteiger partial charge < -0.3 is 10.0 Å². The third kappa shape index (κ3) is 3.82. The van der Waals surface area contributed by atoms with E-state index in [0.717, 1.165) is 6.54 Å². The van der Waals surface area contributed by atoms with Gasteiger partial charge >= 0.3 is 0 Å². The van der Waals surface area contributed by atoms with Crippen LogP contribution in [0.25, 0.3) is 0 Å². The number of benzene rings is 1. The molecule has 1 rings (SSSR count). The van der Waals surface area contributed by atoms with Crippen molar-refractivity contribution < 1.29 is 5.11 Å². The van der Waals surface area contributed by atoms with E-state index in [4.69, 9.17) is 0 Å². The first-order valence-corrected chi connectivity index (χ1v) is 6.90. The highest BCUT2D eigenvalue weighted by Gasteiger charge is 2.28. The molecular formula is C16H27NO. The Labute approximate surface area is 112 Å². The molecule has 0 saturated heterocycles. The number of aliphatic hydroxyl groups excluding tert-OH is 1. The van der Waals surface area contributed by atoms with E-state index in [1.165, 1.54) is 18.4 Å². The smallest absolute Gasteiger partial charge is 0.0537 e. The maximum absolute atomic E-state index is 9.77. The molecule has 0 radical (unpaired) electrons. The second-order valence-electron chi connectivity index (χ2n) is 5.64. The Bertz CT molecular complexity index is 338. The Kier molecular flexibility index (Phi) is 5.83. The molecule has 1 aromatic rings. The highest BCUT2D eigenvalue weighted by atomic mass is 16.3. The lowest BCUT2D eigenvalue weighted by molar-refractivity contribution is 0.135. The molecule has 0 aliphatic carbocycles. The topological polar surface area (TPSA) is 23.5 Å². The molecule has 0 fully saturated rings. The molecule has 1 N–H and O–H groups in total. The molecule has 0 aromatic heterocycles. The van der Waals surface area contributed by atoms with Gasteiger partial charge in [0, 0.05) is 18.0 Å². The summed E-state index contributed by atoms with van der Waals surface area (Å²) in [6.07, 6.45) is 2.40. The number of rotatable bonds is 7. The van der Waals surface area contributed by atoms with Crippen molar-refractivity contribution in [1.82, 2.24) is 4.90 Å². The van der Waals surface area contributed by atoms with Crippen molar-refractivity contribution in [2.45, 2.75) is 45.1 Å². The maximum atomic E-state index is 9.77. The molecule has 18 heavy (non-hydrogen) atoms. The summed E-state index contributed by atoms with van der Waals surface area (Å²) in [5.41, 5.74) is 1.03. The molecule has 2 heteroatoms. The van der Waals surface area contributed by atoms with Gasteiger partial charge in [0.2, 0.25) is 0 Å². The number of likely N-dealkylation sites (N-methyl/N-ethyl adjacent to an activating group) is 1. The Balaban J connectivity index is 2.77. The largest absolute Gasteiger partial charge is 0.395 e. The van der Waals surface area contributed by atoms with Gasteiger partial charge in [0.25, 0.3) is 0 Å². The number of hydrogen-bond acceptors (Lipinski definition) is 2. The highest BCUT2D eigenvalue weighted by Crippen LogP contribution is 2.25. The Morgan fingerprint density at radius 3 is 2.39 bits per heavy atom. The predicted octanol–water partition coefficient (Wildman–Crippen LogP) is 3.06. The Hall–Kier alpha value is -0.860. The van der Waals surface area contributed by atoms with Crippen molar-refractivity contribution in [3.63, 3.8) is 0 Å². The van der Waals surface area contributed by atoms with Crippen LogP contribution in [0.3, 0.4) is 0 Å². The molecule has 2 nitrogen and oxygen atoms in total. The van der Waals surface area contributed by atoms with E-state index in [0.29, 0.717) is 6.04 Å². The van der Waals surface area contributed by atoms with Gasteiger partial charge in [-0.2, -0.15) is 0 Å². The van der Waals surface area contributed by atoms with E-state index in [1.54, 1.807) is 0 Å². The summed E-state index contributed by atoms with van der Waals surface area (Å²) in [4.78, 5) is 2.35. The molecule has 0 aliphatic rings. The minimum absolute atomic E-state index is 0.181. The first kappa shape index (κ1) is 15.2. The molecule has 2 unspecified atom stereocenters. The zero-order valence-electron chi connectivity index (χ0n) is 12.2. The minimum atomic E-state index is -0.183. The van der Waals surface area contributed by atoms with Gasteiger partial charge in [-0.3, -0.25) is 0 Å². The third-order valence-electron chi connectivity index (χ3n) is 3.88.